The highest BCUT2D eigenvalue weighted by atomic mass is 19.4. The van der Waals surface area contributed by atoms with Crippen LogP contribution in [0.2, 0.25) is 0 Å². The van der Waals surface area contributed by atoms with Gasteiger partial charge in [0.1, 0.15) is 17.1 Å². The summed E-state index contributed by atoms with van der Waals surface area (Å²) in [6.07, 6.45) is -3.74. The molecular formula is C19H16F3N3O. The number of halogens is 3. The van der Waals surface area contributed by atoms with E-state index in [1.807, 2.05) is 6.07 Å². The lowest BCUT2D eigenvalue weighted by molar-refractivity contribution is -0.137. The topological polar surface area (TPSA) is 38.2 Å². The number of alkyl halides is 3. The second-order valence-corrected chi connectivity index (χ2v) is 5.55. The van der Waals surface area contributed by atoms with Crippen LogP contribution in [0.3, 0.4) is 0 Å². The number of rotatable bonds is 4. The Hall–Kier alpha value is -3.09. The zero-order valence-corrected chi connectivity index (χ0v) is 14.2. The van der Waals surface area contributed by atoms with Crippen LogP contribution in [-0.2, 0) is 6.18 Å². The summed E-state index contributed by atoms with van der Waals surface area (Å²) in [6.45, 7) is 0. The van der Waals surface area contributed by atoms with Crippen LogP contribution in [0.4, 0.5) is 24.7 Å². The van der Waals surface area contributed by atoms with Gasteiger partial charge in [-0.1, -0.05) is 30.3 Å². The minimum absolute atomic E-state index is 0.212. The Morgan fingerprint density at radius 3 is 2.19 bits per heavy atom. The quantitative estimate of drug-likeness (QED) is 0.661. The molecule has 0 N–H and O–H groups in total. The molecule has 0 saturated carbocycles. The Labute approximate surface area is 148 Å². The fourth-order valence-electron chi connectivity index (χ4n) is 2.48. The van der Waals surface area contributed by atoms with E-state index in [-0.39, 0.29) is 11.6 Å². The number of hydrogen-bond donors (Lipinski definition) is 0. The van der Waals surface area contributed by atoms with E-state index in [1.54, 1.807) is 48.5 Å². The highest BCUT2D eigenvalue weighted by molar-refractivity contribution is 5.66. The fraction of sp³-hybridized carbons (Fsp3) is 0.158. The minimum Gasteiger partial charge on any atom is -0.497 e. The number of anilines is 2. The first-order valence-corrected chi connectivity index (χ1v) is 7.77. The normalized spacial score (nSPS) is 11.3. The standard InChI is InChI=1S/C19H16F3N3O/c1-25(14-8-10-15(26-2)11-9-14)18-16(19(20,21)22)12-23-17(24-18)13-6-4-3-5-7-13/h3-12H,1-2H3. The maximum atomic E-state index is 13.5. The van der Waals surface area contributed by atoms with Gasteiger partial charge in [0.2, 0.25) is 0 Å². The second kappa shape index (κ2) is 7.03. The van der Waals surface area contributed by atoms with Gasteiger partial charge in [0.05, 0.1) is 7.11 Å². The first-order chi connectivity index (χ1) is 12.4. The zero-order valence-electron chi connectivity index (χ0n) is 14.2. The van der Waals surface area contributed by atoms with E-state index < -0.39 is 11.7 Å². The van der Waals surface area contributed by atoms with Crippen LogP contribution in [0.15, 0.2) is 60.8 Å². The molecule has 0 unspecified atom stereocenters. The van der Waals surface area contributed by atoms with E-state index in [0.717, 1.165) is 6.20 Å². The van der Waals surface area contributed by atoms with Crippen LogP contribution in [0, 0.1) is 0 Å². The van der Waals surface area contributed by atoms with Crippen LogP contribution in [0.5, 0.6) is 5.75 Å². The van der Waals surface area contributed by atoms with Crippen LogP contribution in [0.1, 0.15) is 5.56 Å². The molecule has 0 aliphatic heterocycles. The van der Waals surface area contributed by atoms with Crippen LogP contribution >= 0.6 is 0 Å². The molecule has 0 atom stereocenters. The number of hydrogen-bond acceptors (Lipinski definition) is 4. The molecular weight excluding hydrogens is 343 g/mol. The molecule has 0 spiro atoms. The van der Waals surface area contributed by atoms with Crippen molar-refractivity contribution in [1.29, 1.82) is 0 Å². The molecule has 4 nitrogen and oxygen atoms in total. The van der Waals surface area contributed by atoms with E-state index in [0.29, 0.717) is 17.0 Å². The van der Waals surface area contributed by atoms with Crippen molar-refractivity contribution >= 4 is 11.5 Å². The third-order valence-corrected chi connectivity index (χ3v) is 3.88. The molecule has 26 heavy (non-hydrogen) atoms. The Balaban J connectivity index is 2.09. The average molecular weight is 359 g/mol. The van der Waals surface area contributed by atoms with Crippen molar-refractivity contribution in [2.75, 3.05) is 19.1 Å². The van der Waals surface area contributed by atoms with Gasteiger partial charge in [-0.3, -0.25) is 0 Å². The van der Waals surface area contributed by atoms with Gasteiger partial charge in [0.25, 0.3) is 0 Å². The average Bonchev–Trinajstić information content (AvgIpc) is 2.67. The van der Waals surface area contributed by atoms with Gasteiger partial charge in [-0.2, -0.15) is 13.2 Å². The molecule has 0 radical (unpaired) electrons. The van der Waals surface area contributed by atoms with E-state index in [1.165, 1.54) is 19.1 Å². The summed E-state index contributed by atoms with van der Waals surface area (Å²) >= 11 is 0. The largest absolute Gasteiger partial charge is 0.497 e. The van der Waals surface area contributed by atoms with Crippen molar-refractivity contribution in [1.82, 2.24) is 9.97 Å². The Morgan fingerprint density at radius 2 is 1.62 bits per heavy atom. The summed E-state index contributed by atoms with van der Waals surface area (Å²) in [5.41, 5.74) is 0.301. The molecule has 7 heteroatoms. The lowest BCUT2D eigenvalue weighted by Crippen LogP contribution is -2.19. The van der Waals surface area contributed by atoms with Crippen LogP contribution in [0.25, 0.3) is 11.4 Å². The van der Waals surface area contributed by atoms with E-state index in [9.17, 15) is 13.2 Å². The van der Waals surface area contributed by atoms with Crippen molar-refractivity contribution in [2.45, 2.75) is 6.18 Å². The van der Waals surface area contributed by atoms with Gasteiger partial charge in [-0.15, -0.1) is 0 Å². The van der Waals surface area contributed by atoms with Gasteiger partial charge in [-0.05, 0) is 24.3 Å². The third kappa shape index (κ3) is 3.61. The van der Waals surface area contributed by atoms with E-state index in [4.69, 9.17) is 4.74 Å². The van der Waals surface area contributed by atoms with Crippen molar-refractivity contribution in [2.24, 2.45) is 0 Å². The summed E-state index contributed by atoms with van der Waals surface area (Å²) in [4.78, 5) is 9.48. The molecule has 0 aliphatic rings. The summed E-state index contributed by atoms with van der Waals surface area (Å²) < 4.78 is 45.4. The monoisotopic (exact) mass is 359 g/mol. The molecule has 0 amide bonds. The number of aromatic nitrogens is 2. The smallest absolute Gasteiger partial charge is 0.421 e. The van der Waals surface area contributed by atoms with Gasteiger partial charge < -0.3 is 9.64 Å². The Morgan fingerprint density at radius 1 is 0.962 bits per heavy atom. The lowest BCUT2D eigenvalue weighted by Gasteiger charge is -2.23. The summed E-state index contributed by atoms with van der Waals surface area (Å²) in [5, 5.41) is 0. The summed E-state index contributed by atoms with van der Waals surface area (Å²) in [5.74, 6) is 0.635. The Kier molecular flexibility index (Phi) is 4.79. The molecule has 2 aromatic carbocycles. The summed E-state index contributed by atoms with van der Waals surface area (Å²) in [7, 11) is 3.06. The first kappa shape index (κ1) is 17.7. The van der Waals surface area contributed by atoms with Gasteiger partial charge in [0, 0.05) is 24.5 Å². The Bertz CT molecular complexity index is 881. The predicted octanol–water partition coefficient (Wildman–Crippen LogP) is 4.94. The number of nitrogens with zero attached hydrogens (tertiary/aromatic N) is 3. The molecule has 0 saturated heterocycles. The molecule has 1 aromatic heterocycles. The fourth-order valence-corrected chi connectivity index (χ4v) is 2.48. The number of benzene rings is 2. The molecule has 0 fully saturated rings. The molecule has 134 valence electrons. The molecule has 0 bridgehead atoms. The third-order valence-electron chi connectivity index (χ3n) is 3.88. The summed E-state index contributed by atoms with van der Waals surface area (Å²) in [6, 6.07) is 15.6. The SMILES string of the molecule is COc1ccc(N(C)c2nc(-c3ccccc3)ncc2C(F)(F)F)cc1. The van der Waals surface area contributed by atoms with Crippen molar-refractivity contribution < 1.29 is 17.9 Å². The highest BCUT2D eigenvalue weighted by Crippen LogP contribution is 2.38. The van der Waals surface area contributed by atoms with Crippen molar-refractivity contribution in [3.8, 4) is 17.1 Å². The molecule has 1 heterocycles. The maximum absolute atomic E-state index is 13.5. The lowest BCUT2D eigenvalue weighted by atomic mass is 10.2. The van der Waals surface area contributed by atoms with Gasteiger partial charge in [0.15, 0.2) is 5.82 Å². The zero-order chi connectivity index (χ0) is 18.7. The first-order valence-electron chi connectivity index (χ1n) is 7.77. The van der Waals surface area contributed by atoms with Gasteiger partial charge in [-0.25, -0.2) is 9.97 Å². The number of ether oxygens (including phenoxy) is 1. The molecule has 3 rings (SSSR count). The van der Waals surface area contributed by atoms with E-state index in [2.05, 4.69) is 9.97 Å². The predicted molar refractivity (Wildman–Crippen MR) is 93.5 cm³/mol. The van der Waals surface area contributed by atoms with E-state index >= 15 is 0 Å². The van der Waals surface area contributed by atoms with Crippen molar-refractivity contribution in [3.63, 3.8) is 0 Å². The molecule has 3 aromatic rings. The van der Waals surface area contributed by atoms with Gasteiger partial charge >= 0.3 is 6.18 Å². The second-order valence-electron chi connectivity index (χ2n) is 5.55. The van der Waals surface area contributed by atoms with Crippen LogP contribution < -0.4 is 9.64 Å². The number of methoxy groups -OCH3 is 1. The van der Waals surface area contributed by atoms with Crippen molar-refractivity contribution in [3.05, 3.63) is 66.4 Å². The maximum Gasteiger partial charge on any atom is 0.421 e. The van der Waals surface area contributed by atoms with Crippen LogP contribution in [-0.4, -0.2) is 24.1 Å². The molecule has 0 aliphatic carbocycles. The minimum atomic E-state index is -4.56. The highest BCUT2D eigenvalue weighted by Gasteiger charge is 2.36.